The van der Waals surface area contributed by atoms with Crippen LogP contribution in [0.1, 0.15) is 259 Å². The lowest BCUT2D eigenvalue weighted by molar-refractivity contribution is 0.0245. The van der Waals surface area contributed by atoms with Gasteiger partial charge in [0.15, 0.2) is 0 Å². The van der Waals surface area contributed by atoms with Crippen molar-refractivity contribution in [2.75, 3.05) is 6.61 Å². The second-order valence-electron chi connectivity index (χ2n) is 50.6. The van der Waals surface area contributed by atoms with Crippen LogP contribution >= 0.6 is 0 Å². The molecule has 0 spiro atoms. The van der Waals surface area contributed by atoms with Crippen LogP contribution in [0.4, 0.5) is 0 Å². The van der Waals surface area contributed by atoms with Crippen molar-refractivity contribution in [3.8, 4) is 16.9 Å². The Morgan fingerprint density at radius 2 is 0.582 bits per heavy atom. The Hall–Kier alpha value is -8.04. The quantitative estimate of drug-likeness (QED) is 0.0290. The number of allylic oxidation sites excluding steroid dienone is 17. The molecule has 7 aromatic carbocycles. The number of hydrogen-bond acceptors (Lipinski definition) is 2. The Balaban J connectivity index is 0.0000000887. The van der Waals surface area contributed by atoms with E-state index in [1.54, 1.807) is 57.8 Å². The molecule has 24 bridgehead atoms. The molecule has 0 aliphatic heterocycles. The van der Waals surface area contributed by atoms with E-state index in [0.717, 1.165) is 226 Å². The van der Waals surface area contributed by atoms with E-state index in [4.69, 9.17) is 9.47 Å². The van der Waals surface area contributed by atoms with Gasteiger partial charge in [-0.15, -0.1) is 0 Å². The van der Waals surface area contributed by atoms with E-state index in [1.165, 1.54) is 232 Å². The summed E-state index contributed by atoms with van der Waals surface area (Å²) in [6, 6.07) is 73.0. The van der Waals surface area contributed by atoms with E-state index in [1.807, 2.05) is 12.1 Å². The zero-order chi connectivity index (χ0) is 94.2. The van der Waals surface area contributed by atoms with Crippen LogP contribution < -0.4 is 4.74 Å². The normalized spacial score (nSPS) is 38.9. The highest BCUT2D eigenvalue weighted by Crippen LogP contribution is 2.69. The fourth-order valence-corrected chi connectivity index (χ4v) is 36.2. The van der Waals surface area contributed by atoms with Crippen molar-refractivity contribution in [2.24, 2.45) is 213 Å². The van der Waals surface area contributed by atoms with Crippen molar-refractivity contribution in [2.45, 2.75) is 270 Å². The molecule has 742 valence electrons. The topological polar surface area (TPSA) is 18.5 Å². The highest BCUT2D eigenvalue weighted by atomic mass is 16.5. The first-order chi connectivity index (χ1) is 69.7. The van der Waals surface area contributed by atoms with Gasteiger partial charge in [0.1, 0.15) is 5.75 Å². The number of rotatable bonds is 27. The molecule has 15 saturated carbocycles. The minimum atomic E-state index is 0.472. The van der Waals surface area contributed by atoms with Gasteiger partial charge in [-0.2, -0.15) is 0 Å². The van der Waals surface area contributed by atoms with E-state index in [-0.39, 0.29) is 0 Å². The van der Waals surface area contributed by atoms with Crippen LogP contribution in [0.15, 0.2) is 316 Å². The highest BCUT2D eigenvalue weighted by molar-refractivity contribution is 5.64. The zero-order valence-corrected chi connectivity index (χ0v) is 86.2. The Morgan fingerprint density at radius 3 is 1.01 bits per heavy atom. The molecule has 141 heavy (non-hydrogen) atoms. The van der Waals surface area contributed by atoms with Gasteiger partial charge in [-0.3, -0.25) is 0 Å². The third kappa shape index (κ3) is 22.9. The third-order valence-corrected chi connectivity index (χ3v) is 42.5. The maximum absolute atomic E-state index is 5.97. The highest BCUT2D eigenvalue weighted by Gasteiger charge is 2.62. The van der Waals surface area contributed by atoms with Gasteiger partial charge < -0.3 is 9.47 Å². The van der Waals surface area contributed by atoms with Crippen molar-refractivity contribution in [3.63, 3.8) is 0 Å². The molecule has 2 heteroatoms. The summed E-state index contributed by atoms with van der Waals surface area (Å²) >= 11 is 0. The van der Waals surface area contributed by atoms with Crippen LogP contribution in [-0.2, 0) is 37.0 Å². The molecule has 15 fully saturated rings. The van der Waals surface area contributed by atoms with Crippen molar-refractivity contribution in [1.29, 1.82) is 0 Å². The predicted molar refractivity (Wildman–Crippen MR) is 588 cm³/mol. The van der Waals surface area contributed by atoms with Crippen LogP contribution in [0.3, 0.4) is 0 Å². The molecule has 0 saturated heterocycles. The largest absolute Gasteiger partial charge is 0.494 e. The summed E-state index contributed by atoms with van der Waals surface area (Å²) in [5.41, 5.74) is 9.79. The predicted octanol–water partition coefficient (Wildman–Crippen LogP) is 35.4. The monoisotopic (exact) mass is 1880 g/mol. The van der Waals surface area contributed by atoms with Crippen molar-refractivity contribution < 1.29 is 9.47 Å². The van der Waals surface area contributed by atoms with Crippen LogP contribution in [0.25, 0.3) is 11.1 Å². The summed E-state index contributed by atoms with van der Waals surface area (Å²) in [5, 5.41) is 0. The van der Waals surface area contributed by atoms with Gasteiger partial charge in [0.25, 0.3) is 0 Å². The SMILES string of the molecule is C1=CC2CC1C1C3CCC(C3)C21.C1=CC2CC1C1C3CCC(C3)C21.C1=CC2CC1CC2CCCCc1ccccc1.C1=CC2CC1CC2CCCc1ccccc1.C1=CC2CC1CC2CCOc1ccc(-c2ccccc2)cc1.C1=CC2CC1CC2CCc1ccccc1.C1=CC2CC1CC2Cc1ccccc1.C1=CC2CC1CC2OCc1ccccc1.CCCCCCC1CC2CC1C1C3C=CC(C3)C21. The minimum absolute atomic E-state index is 0.472. The van der Waals surface area contributed by atoms with Gasteiger partial charge in [0.2, 0.25) is 0 Å². The smallest absolute Gasteiger partial charge is 0.119 e. The van der Waals surface area contributed by atoms with Gasteiger partial charge in [-0.1, -0.05) is 349 Å². The second-order valence-corrected chi connectivity index (χ2v) is 50.6. The van der Waals surface area contributed by atoms with E-state index in [9.17, 15) is 0 Å². The van der Waals surface area contributed by atoms with Gasteiger partial charge in [0.05, 0.1) is 19.3 Å². The molecule has 37 atom stereocenters. The molecule has 2 nitrogen and oxygen atoms in total. The molecule has 0 aromatic heterocycles. The Bertz CT molecular complexity index is 5180. The third-order valence-electron chi connectivity index (χ3n) is 42.5. The molecular formula is C139H174O2. The standard InChI is InChI=1S/C21H22O.C18H28.C17H22.C16H20.C15H18.C14H16O.C14H16.2C12H16/c1-2-4-17(5-3-1)18-8-10-21(11-9-18)22-13-12-20-15-16-6-7-19(20)14-16;1-2-3-4-5-6-12-9-15-11-16(12)18-14-8-7-13(10-14)17(15)18;1-2-6-14(7-3-1)8-4-5-9-16-12-15-10-11-17(16)13-15;1-2-5-13(6-3-1)7-4-8-15-11-14-9-10-16(15)12-14;1-2-4-12(5-3-1)6-8-14-10-13-7-9-15(14)11-13;1-2-4-11(5-3-1)10-15-14-9-12-6-7-13(14)8-12;1-2-4-11(5-3-1)8-14-10-12-6-7-13(14)9-12;2*1-2-8-5-7(1)11-9-3-4-10(6-9)12(8)11/h1-11,16,19-20H,12-15H2;7-8,12-18H,2-6,9-11H2,1H3;1-3,6-7,10-11,15-17H,4-5,8-9,12-13H2;1-3,5-6,9-10,14-16H,4,7-8,11-12H2;1-5,7,9,13-15H,6,8,10-11H2;1-7,12-14H,8-10H2;1-7,12-14H,8-10H2;2*1-2,7-12H,3-6H2. The lowest BCUT2D eigenvalue weighted by atomic mass is 9.68. The van der Waals surface area contributed by atoms with E-state index < -0.39 is 0 Å². The summed E-state index contributed by atoms with van der Waals surface area (Å²) in [5.74, 6) is 37.3. The molecule has 0 radical (unpaired) electrons. The van der Waals surface area contributed by atoms with E-state index in [2.05, 4.69) is 310 Å². The molecule has 0 N–H and O–H groups in total. The number of ether oxygens (including phenoxy) is 2. The molecule has 37 unspecified atom stereocenters. The molecule has 24 aliphatic rings. The number of benzene rings is 7. The van der Waals surface area contributed by atoms with Crippen LogP contribution in [0.2, 0.25) is 0 Å². The summed E-state index contributed by atoms with van der Waals surface area (Å²) in [7, 11) is 0. The Kier molecular flexibility index (Phi) is 31.4. The number of fused-ring (bicyclic) bond motifs is 39. The first-order valence-electron chi connectivity index (χ1n) is 59.5. The summed E-state index contributed by atoms with van der Waals surface area (Å²) < 4.78 is 11.9. The second kappa shape index (κ2) is 45.9. The lowest BCUT2D eigenvalue weighted by Crippen LogP contribution is -2.30. The fourth-order valence-electron chi connectivity index (χ4n) is 36.2. The van der Waals surface area contributed by atoms with E-state index >= 15 is 0 Å². The summed E-state index contributed by atoms with van der Waals surface area (Å²) in [6.45, 7) is 3.93. The Labute approximate surface area is 853 Å². The molecule has 7 aromatic rings. The van der Waals surface area contributed by atoms with Crippen LogP contribution in [-0.4, -0.2) is 12.7 Å². The first kappa shape index (κ1) is 96.4. The number of aryl methyl sites for hydroxylation is 3. The summed E-state index contributed by atoms with van der Waals surface area (Å²) in [4.78, 5) is 0. The van der Waals surface area contributed by atoms with Crippen LogP contribution in [0.5, 0.6) is 5.75 Å². The van der Waals surface area contributed by atoms with Gasteiger partial charge >= 0.3 is 0 Å². The number of hydrogen-bond donors (Lipinski definition) is 0. The zero-order valence-electron chi connectivity index (χ0n) is 86.2. The maximum Gasteiger partial charge on any atom is 0.119 e. The molecular weight excluding hydrogens is 1700 g/mol. The number of unbranched alkanes of at least 4 members (excludes halogenated alkanes) is 4. The molecule has 0 amide bonds. The first-order valence-corrected chi connectivity index (χ1v) is 59.5. The van der Waals surface area contributed by atoms with Gasteiger partial charge in [-0.25, -0.2) is 0 Å². The van der Waals surface area contributed by atoms with E-state index in [0.29, 0.717) is 12.0 Å². The summed E-state index contributed by atoms with van der Waals surface area (Å²) in [6.07, 6.45) is 101. The molecule has 24 aliphatic carbocycles. The van der Waals surface area contributed by atoms with Crippen molar-refractivity contribution in [1.82, 2.24) is 0 Å². The lowest BCUT2D eigenvalue weighted by Gasteiger charge is -2.36. The minimum Gasteiger partial charge on any atom is -0.494 e. The maximum atomic E-state index is 5.97. The van der Waals surface area contributed by atoms with Crippen molar-refractivity contribution >= 4 is 0 Å². The average molecular weight is 1880 g/mol. The average Bonchev–Trinajstić information content (AvgIpc) is 1.54. The fraction of sp³-hybridized carbons (Fsp3) is 0.568. The van der Waals surface area contributed by atoms with Gasteiger partial charge in [-0.05, 0) is 470 Å². The van der Waals surface area contributed by atoms with Crippen LogP contribution in [0, 0.1) is 213 Å². The molecule has 0 heterocycles. The van der Waals surface area contributed by atoms with Crippen molar-refractivity contribution in [3.05, 3.63) is 343 Å². The molecule has 31 rings (SSSR count). The van der Waals surface area contributed by atoms with Gasteiger partial charge in [0, 0.05) is 5.92 Å². The Morgan fingerprint density at radius 1 is 0.227 bits per heavy atom.